The van der Waals surface area contributed by atoms with Crippen LogP contribution in [0.5, 0.6) is 17.2 Å². The van der Waals surface area contributed by atoms with E-state index in [1.54, 1.807) is 67.6 Å². The van der Waals surface area contributed by atoms with E-state index in [0.29, 0.717) is 27.6 Å². The van der Waals surface area contributed by atoms with Gasteiger partial charge in [0.15, 0.2) is 17.6 Å². The molecule has 3 rings (SSSR count). The lowest BCUT2D eigenvalue weighted by Gasteiger charge is -2.15. The van der Waals surface area contributed by atoms with Crippen molar-refractivity contribution in [2.24, 2.45) is 5.10 Å². The molecule has 1 unspecified atom stereocenters. The lowest BCUT2D eigenvalue weighted by molar-refractivity contribution is -0.127. The second-order valence-corrected chi connectivity index (χ2v) is 7.51. The van der Waals surface area contributed by atoms with Crippen molar-refractivity contribution in [1.29, 1.82) is 0 Å². The highest BCUT2D eigenvalue weighted by Gasteiger charge is 2.15. The number of nitrogens with zero attached hydrogens (tertiary/aromatic N) is 1. The smallest absolute Gasteiger partial charge is 0.343 e. The van der Waals surface area contributed by atoms with Crippen molar-refractivity contribution < 1.29 is 23.8 Å². The van der Waals surface area contributed by atoms with Crippen molar-refractivity contribution in [3.05, 3.63) is 88.4 Å². The van der Waals surface area contributed by atoms with Gasteiger partial charge in [0, 0.05) is 5.02 Å². The summed E-state index contributed by atoms with van der Waals surface area (Å²) in [6.45, 7) is 3.47. The predicted octanol–water partition coefficient (Wildman–Crippen LogP) is 4.79. The molecule has 0 spiro atoms. The van der Waals surface area contributed by atoms with Crippen LogP contribution in [0.2, 0.25) is 5.02 Å². The van der Waals surface area contributed by atoms with Gasteiger partial charge in [0.25, 0.3) is 5.91 Å². The zero-order chi connectivity index (χ0) is 23.8. The van der Waals surface area contributed by atoms with Crippen LogP contribution in [-0.2, 0) is 4.79 Å². The Balaban J connectivity index is 1.60. The summed E-state index contributed by atoms with van der Waals surface area (Å²) in [6.07, 6.45) is 0.681. The quantitative estimate of drug-likeness (QED) is 0.223. The van der Waals surface area contributed by atoms with Gasteiger partial charge in [-0.15, -0.1) is 0 Å². The van der Waals surface area contributed by atoms with Gasteiger partial charge in [-0.2, -0.15) is 5.10 Å². The number of hydrogen-bond donors (Lipinski definition) is 1. The third-order valence-corrected chi connectivity index (χ3v) is 4.83. The van der Waals surface area contributed by atoms with Gasteiger partial charge in [-0.05, 0) is 73.5 Å². The van der Waals surface area contributed by atoms with Gasteiger partial charge in [-0.1, -0.05) is 29.8 Å². The number of esters is 1. The number of rotatable bonds is 8. The summed E-state index contributed by atoms with van der Waals surface area (Å²) in [5.74, 6) is 0.280. The van der Waals surface area contributed by atoms with Crippen LogP contribution < -0.4 is 19.6 Å². The number of halogens is 1. The van der Waals surface area contributed by atoms with Gasteiger partial charge in [0.05, 0.1) is 18.9 Å². The molecule has 7 nitrogen and oxygen atoms in total. The van der Waals surface area contributed by atoms with E-state index in [1.807, 2.05) is 13.0 Å². The van der Waals surface area contributed by atoms with E-state index in [4.69, 9.17) is 25.8 Å². The molecule has 170 valence electrons. The van der Waals surface area contributed by atoms with Crippen molar-refractivity contribution in [2.45, 2.75) is 20.0 Å². The number of hydrazone groups is 1. The van der Waals surface area contributed by atoms with Crippen molar-refractivity contribution in [2.75, 3.05) is 7.11 Å². The van der Waals surface area contributed by atoms with Crippen LogP contribution in [-0.4, -0.2) is 31.3 Å². The van der Waals surface area contributed by atoms with Gasteiger partial charge in [-0.25, -0.2) is 10.2 Å². The van der Waals surface area contributed by atoms with Gasteiger partial charge in [-0.3, -0.25) is 4.79 Å². The summed E-state index contributed by atoms with van der Waals surface area (Å²) in [6, 6.07) is 18.7. The first-order valence-corrected chi connectivity index (χ1v) is 10.5. The van der Waals surface area contributed by atoms with Gasteiger partial charge >= 0.3 is 5.97 Å². The highest BCUT2D eigenvalue weighted by molar-refractivity contribution is 6.30. The molecular weight excluding hydrogens is 444 g/mol. The largest absolute Gasteiger partial charge is 0.493 e. The monoisotopic (exact) mass is 466 g/mol. The van der Waals surface area contributed by atoms with Crippen LogP contribution in [0.25, 0.3) is 0 Å². The van der Waals surface area contributed by atoms with E-state index in [1.165, 1.54) is 13.3 Å². The summed E-state index contributed by atoms with van der Waals surface area (Å²) < 4.78 is 16.4. The SMILES string of the molecule is COc1cc(C=NNC(=O)C(C)Oc2ccc(Cl)cc2C)ccc1OC(=O)c1ccccc1. The molecule has 1 amide bonds. The molecule has 1 atom stereocenters. The van der Waals surface area contributed by atoms with Crippen molar-refractivity contribution in [3.8, 4) is 17.2 Å². The van der Waals surface area contributed by atoms with E-state index >= 15 is 0 Å². The normalized spacial score (nSPS) is 11.6. The fourth-order valence-electron chi connectivity index (χ4n) is 2.83. The number of benzene rings is 3. The second-order valence-electron chi connectivity index (χ2n) is 7.07. The summed E-state index contributed by atoms with van der Waals surface area (Å²) in [4.78, 5) is 24.6. The number of nitrogens with one attached hydrogen (secondary N) is 1. The molecule has 0 radical (unpaired) electrons. The van der Waals surface area contributed by atoms with Crippen LogP contribution in [0.15, 0.2) is 71.8 Å². The Morgan fingerprint density at radius 3 is 2.42 bits per heavy atom. The predicted molar refractivity (Wildman–Crippen MR) is 126 cm³/mol. The first kappa shape index (κ1) is 23.8. The minimum atomic E-state index is -0.767. The maximum atomic E-state index is 12.3. The number of carbonyl (C=O) groups excluding carboxylic acids is 2. The van der Waals surface area contributed by atoms with Crippen molar-refractivity contribution >= 4 is 29.7 Å². The molecule has 0 aromatic heterocycles. The molecule has 0 fully saturated rings. The number of aryl methyl sites for hydroxylation is 1. The molecular formula is C25H23ClN2O5. The standard InChI is InChI=1S/C25H23ClN2O5/c1-16-13-20(26)10-12-21(16)32-17(2)24(29)28-27-15-18-9-11-22(23(14-18)31-3)33-25(30)19-7-5-4-6-8-19/h4-15,17H,1-3H3,(H,28,29). The molecule has 0 saturated carbocycles. The van der Waals surface area contributed by atoms with E-state index in [2.05, 4.69) is 10.5 Å². The average Bonchev–Trinajstić information content (AvgIpc) is 2.82. The highest BCUT2D eigenvalue weighted by atomic mass is 35.5. The maximum Gasteiger partial charge on any atom is 0.343 e. The van der Waals surface area contributed by atoms with Crippen molar-refractivity contribution in [1.82, 2.24) is 5.43 Å². The molecule has 3 aromatic carbocycles. The number of carbonyl (C=O) groups is 2. The first-order valence-electron chi connectivity index (χ1n) is 10.1. The molecule has 0 heterocycles. The lowest BCUT2D eigenvalue weighted by atomic mass is 10.2. The van der Waals surface area contributed by atoms with E-state index in [0.717, 1.165) is 5.56 Å². The van der Waals surface area contributed by atoms with Gasteiger partial charge < -0.3 is 14.2 Å². The molecule has 0 aliphatic carbocycles. The van der Waals surface area contributed by atoms with E-state index in [-0.39, 0.29) is 5.75 Å². The Bertz CT molecular complexity index is 1160. The topological polar surface area (TPSA) is 86.2 Å². The minimum absolute atomic E-state index is 0.271. The Morgan fingerprint density at radius 1 is 1.00 bits per heavy atom. The fraction of sp³-hybridized carbons (Fsp3) is 0.160. The van der Waals surface area contributed by atoms with Crippen LogP contribution >= 0.6 is 11.6 Å². The molecule has 1 N–H and O–H groups in total. The Labute approximate surface area is 196 Å². The van der Waals surface area contributed by atoms with Crippen molar-refractivity contribution in [3.63, 3.8) is 0 Å². The maximum absolute atomic E-state index is 12.3. The molecule has 8 heteroatoms. The summed E-state index contributed by atoms with van der Waals surface area (Å²) in [5.41, 5.74) is 4.33. The zero-order valence-electron chi connectivity index (χ0n) is 18.4. The highest BCUT2D eigenvalue weighted by Crippen LogP contribution is 2.28. The van der Waals surface area contributed by atoms with E-state index in [9.17, 15) is 9.59 Å². The van der Waals surface area contributed by atoms with Crippen LogP contribution in [0, 0.1) is 6.92 Å². The third-order valence-electron chi connectivity index (χ3n) is 4.60. The minimum Gasteiger partial charge on any atom is -0.493 e. The summed E-state index contributed by atoms with van der Waals surface area (Å²) in [7, 11) is 1.47. The molecule has 0 saturated heterocycles. The zero-order valence-corrected chi connectivity index (χ0v) is 19.1. The van der Waals surface area contributed by atoms with Crippen LogP contribution in [0.4, 0.5) is 0 Å². The molecule has 0 bridgehead atoms. The van der Waals surface area contributed by atoms with Gasteiger partial charge in [0.1, 0.15) is 5.75 Å². The van der Waals surface area contributed by atoms with E-state index < -0.39 is 18.0 Å². The first-order chi connectivity index (χ1) is 15.9. The molecule has 0 aliphatic rings. The molecule has 3 aromatic rings. The Hall–Kier alpha value is -3.84. The Kier molecular flexibility index (Phi) is 8.05. The summed E-state index contributed by atoms with van der Waals surface area (Å²) >= 11 is 5.94. The molecule has 0 aliphatic heterocycles. The third kappa shape index (κ3) is 6.57. The van der Waals surface area contributed by atoms with Crippen LogP contribution in [0.3, 0.4) is 0 Å². The number of hydrogen-bond acceptors (Lipinski definition) is 6. The Morgan fingerprint density at radius 2 is 1.73 bits per heavy atom. The fourth-order valence-corrected chi connectivity index (χ4v) is 3.06. The number of amides is 1. The average molecular weight is 467 g/mol. The molecule has 33 heavy (non-hydrogen) atoms. The van der Waals surface area contributed by atoms with Crippen LogP contribution in [0.1, 0.15) is 28.4 Å². The lowest BCUT2D eigenvalue weighted by Crippen LogP contribution is -2.33. The number of methoxy groups -OCH3 is 1. The summed E-state index contributed by atoms with van der Waals surface area (Å²) in [5, 5.41) is 4.56. The second kappa shape index (κ2) is 11.2. The number of ether oxygens (including phenoxy) is 3. The van der Waals surface area contributed by atoms with Gasteiger partial charge in [0.2, 0.25) is 0 Å².